The zero-order valence-corrected chi connectivity index (χ0v) is 6.24. The number of rotatable bonds is 3. The van der Waals surface area contributed by atoms with Gasteiger partial charge in [0, 0.05) is 6.04 Å². The molecule has 11 heavy (non-hydrogen) atoms. The second-order valence-electron chi connectivity index (χ2n) is 2.07. The zero-order chi connectivity index (χ0) is 8.85. The Hall–Kier alpha value is -1.10. The minimum absolute atomic E-state index is 0.0400. The van der Waals surface area contributed by atoms with Gasteiger partial charge in [0.05, 0.1) is 0 Å². The van der Waals surface area contributed by atoms with Gasteiger partial charge in [-0.15, -0.1) is 0 Å². The standard InChI is InChI=1S/C6H11NO4/c1-2-4(7)3-11-6(10)5(8)9/h4H,2-3,7H2,1H3,(H,8,9). The van der Waals surface area contributed by atoms with Crippen molar-refractivity contribution in [2.24, 2.45) is 5.73 Å². The number of hydrogen-bond donors (Lipinski definition) is 2. The molecule has 0 rings (SSSR count). The van der Waals surface area contributed by atoms with Crippen molar-refractivity contribution in [1.82, 2.24) is 0 Å². The molecule has 0 aromatic rings. The van der Waals surface area contributed by atoms with E-state index in [2.05, 4.69) is 4.74 Å². The van der Waals surface area contributed by atoms with Crippen LogP contribution in [0, 0.1) is 0 Å². The van der Waals surface area contributed by atoms with Gasteiger partial charge in [0.25, 0.3) is 0 Å². The number of nitrogens with two attached hydrogens (primary N) is 1. The molecule has 0 aromatic carbocycles. The Morgan fingerprint density at radius 2 is 2.18 bits per heavy atom. The van der Waals surface area contributed by atoms with Crippen LogP contribution in [-0.2, 0) is 14.3 Å². The minimum Gasteiger partial charge on any atom is -0.473 e. The molecule has 0 aliphatic carbocycles. The quantitative estimate of drug-likeness (QED) is 0.424. The van der Waals surface area contributed by atoms with E-state index in [0.29, 0.717) is 6.42 Å². The number of carbonyl (C=O) groups is 2. The molecule has 3 N–H and O–H groups in total. The average molecular weight is 161 g/mol. The highest BCUT2D eigenvalue weighted by atomic mass is 16.6. The van der Waals surface area contributed by atoms with Crippen molar-refractivity contribution in [2.75, 3.05) is 6.61 Å². The van der Waals surface area contributed by atoms with Crippen LogP contribution in [0.15, 0.2) is 0 Å². The van der Waals surface area contributed by atoms with E-state index in [1.54, 1.807) is 0 Å². The maximum atomic E-state index is 10.3. The van der Waals surface area contributed by atoms with Gasteiger partial charge in [-0.25, -0.2) is 9.59 Å². The summed E-state index contributed by atoms with van der Waals surface area (Å²) in [6, 6.07) is -0.279. The molecule has 0 radical (unpaired) electrons. The van der Waals surface area contributed by atoms with Crippen LogP contribution in [0.1, 0.15) is 13.3 Å². The molecular formula is C6H11NO4. The smallest absolute Gasteiger partial charge is 0.417 e. The van der Waals surface area contributed by atoms with Crippen LogP contribution in [-0.4, -0.2) is 29.7 Å². The first-order valence-electron chi connectivity index (χ1n) is 3.23. The van der Waals surface area contributed by atoms with Gasteiger partial charge in [-0.2, -0.15) is 0 Å². The summed E-state index contributed by atoms with van der Waals surface area (Å²) >= 11 is 0. The van der Waals surface area contributed by atoms with E-state index in [4.69, 9.17) is 10.8 Å². The van der Waals surface area contributed by atoms with Crippen molar-refractivity contribution in [3.05, 3.63) is 0 Å². The first-order chi connectivity index (χ1) is 5.07. The summed E-state index contributed by atoms with van der Waals surface area (Å²) in [5, 5.41) is 8.05. The van der Waals surface area contributed by atoms with Crippen LogP contribution >= 0.6 is 0 Å². The molecular weight excluding hydrogens is 150 g/mol. The van der Waals surface area contributed by atoms with Gasteiger partial charge in [-0.1, -0.05) is 6.92 Å². The van der Waals surface area contributed by atoms with Gasteiger partial charge in [0.2, 0.25) is 0 Å². The van der Waals surface area contributed by atoms with Crippen LogP contribution in [0.4, 0.5) is 0 Å². The lowest BCUT2D eigenvalue weighted by atomic mass is 10.3. The number of hydrogen-bond acceptors (Lipinski definition) is 4. The fourth-order valence-corrected chi connectivity index (χ4v) is 0.362. The number of carboxylic acid groups (broad SMARTS) is 1. The lowest BCUT2D eigenvalue weighted by Gasteiger charge is -2.06. The summed E-state index contributed by atoms with van der Waals surface area (Å²) < 4.78 is 4.29. The summed E-state index contributed by atoms with van der Waals surface area (Å²) in [6.45, 7) is 1.78. The van der Waals surface area contributed by atoms with Gasteiger partial charge < -0.3 is 15.6 Å². The topological polar surface area (TPSA) is 89.6 Å². The molecule has 0 spiro atoms. The second kappa shape index (κ2) is 4.68. The van der Waals surface area contributed by atoms with Gasteiger partial charge in [-0.05, 0) is 6.42 Å². The van der Waals surface area contributed by atoms with Crippen molar-refractivity contribution < 1.29 is 19.4 Å². The summed E-state index contributed by atoms with van der Waals surface area (Å²) in [6.07, 6.45) is 0.646. The van der Waals surface area contributed by atoms with Gasteiger partial charge in [0.1, 0.15) is 6.61 Å². The molecule has 0 heterocycles. The fraction of sp³-hybridized carbons (Fsp3) is 0.667. The van der Waals surface area contributed by atoms with Crippen molar-refractivity contribution in [2.45, 2.75) is 19.4 Å². The van der Waals surface area contributed by atoms with Crippen molar-refractivity contribution >= 4 is 11.9 Å². The molecule has 1 unspecified atom stereocenters. The number of ether oxygens (including phenoxy) is 1. The van der Waals surface area contributed by atoms with Crippen molar-refractivity contribution in [3.8, 4) is 0 Å². The Labute approximate surface area is 64.1 Å². The minimum atomic E-state index is -1.59. The van der Waals surface area contributed by atoms with E-state index < -0.39 is 11.9 Å². The molecule has 0 saturated heterocycles. The summed E-state index contributed by atoms with van der Waals surface area (Å²) in [7, 11) is 0. The van der Waals surface area contributed by atoms with Crippen LogP contribution in [0.25, 0.3) is 0 Å². The normalized spacial score (nSPS) is 12.2. The highest BCUT2D eigenvalue weighted by Crippen LogP contribution is 1.87. The third kappa shape index (κ3) is 4.32. The molecule has 5 heteroatoms. The third-order valence-corrected chi connectivity index (χ3v) is 1.13. The SMILES string of the molecule is CCC(N)COC(=O)C(=O)O. The first-order valence-corrected chi connectivity index (χ1v) is 3.23. The molecule has 0 amide bonds. The predicted molar refractivity (Wildman–Crippen MR) is 36.9 cm³/mol. The predicted octanol–water partition coefficient (Wildman–Crippen LogP) is -0.648. The maximum absolute atomic E-state index is 10.3. The van der Waals surface area contributed by atoms with Crippen LogP contribution in [0.3, 0.4) is 0 Å². The molecule has 0 aliphatic rings. The average Bonchev–Trinajstić information content (AvgIpc) is 1.99. The monoisotopic (exact) mass is 161 g/mol. The molecule has 1 atom stereocenters. The fourth-order valence-electron chi connectivity index (χ4n) is 0.362. The van der Waals surface area contributed by atoms with Crippen molar-refractivity contribution in [3.63, 3.8) is 0 Å². The lowest BCUT2D eigenvalue weighted by Crippen LogP contribution is -2.29. The number of carbonyl (C=O) groups excluding carboxylic acids is 1. The molecule has 0 fully saturated rings. The Kier molecular flexibility index (Phi) is 4.21. The van der Waals surface area contributed by atoms with E-state index in [1.165, 1.54) is 0 Å². The van der Waals surface area contributed by atoms with E-state index in [0.717, 1.165) is 0 Å². The van der Waals surface area contributed by atoms with Crippen LogP contribution in [0.5, 0.6) is 0 Å². The van der Waals surface area contributed by atoms with E-state index in [1.807, 2.05) is 6.92 Å². The molecule has 5 nitrogen and oxygen atoms in total. The van der Waals surface area contributed by atoms with Crippen LogP contribution < -0.4 is 5.73 Å². The third-order valence-electron chi connectivity index (χ3n) is 1.13. The maximum Gasteiger partial charge on any atom is 0.417 e. The Bertz CT molecular complexity index is 157. The summed E-state index contributed by atoms with van der Waals surface area (Å²) in [4.78, 5) is 20.2. The first kappa shape index (κ1) is 9.90. The molecule has 0 saturated carbocycles. The van der Waals surface area contributed by atoms with Gasteiger partial charge in [0.15, 0.2) is 0 Å². The number of esters is 1. The molecule has 0 aliphatic heterocycles. The molecule has 0 bridgehead atoms. The van der Waals surface area contributed by atoms with Gasteiger partial charge >= 0.3 is 11.9 Å². The highest BCUT2D eigenvalue weighted by molar-refractivity contribution is 6.28. The number of aliphatic carboxylic acids is 1. The van der Waals surface area contributed by atoms with E-state index >= 15 is 0 Å². The summed E-state index contributed by atoms with van der Waals surface area (Å²) in [5.41, 5.74) is 5.35. The zero-order valence-electron chi connectivity index (χ0n) is 6.24. The largest absolute Gasteiger partial charge is 0.473 e. The molecule has 0 aromatic heterocycles. The van der Waals surface area contributed by atoms with Gasteiger partial charge in [-0.3, -0.25) is 0 Å². The highest BCUT2D eigenvalue weighted by Gasteiger charge is 2.13. The molecule has 64 valence electrons. The van der Waals surface area contributed by atoms with E-state index in [-0.39, 0.29) is 12.6 Å². The lowest BCUT2D eigenvalue weighted by molar-refractivity contribution is -0.164. The van der Waals surface area contributed by atoms with Crippen molar-refractivity contribution in [1.29, 1.82) is 0 Å². The Balaban J connectivity index is 3.54. The number of carboxylic acids is 1. The van der Waals surface area contributed by atoms with Crippen LogP contribution in [0.2, 0.25) is 0 Å². The summed E-state index contributed by atoms with van der Waals surface area (Å²) in [5.74, 6) is -2.85. The second-order valence-corrected chi connectivity index (χ2v) is 2.07. The Morgan fingerprint density at radius 1 is 1.64 bits per heavy atom. The van der Waals surface area contributed by atoms with E-state index in [9.17, 15) is 9.59 Å². The Morgan fingerprint density at radius 3 is 2.55 bits per heavy atom.